The van der Waals surface area contributed by atoms with Crippen LogP contribution in [-0.2, 0) is 0 Å². The first kappa shape index (κ1) is 12.1. The molecule has 2 heterocycles. The molecule has 1 aliphatic rings. The summed E-state index contributed by atoms with van der Waals surface area (Å²) in [5.41, 5.74) is 6.46. The summed E-state index contributed by atoms with van der Waals surface area (Å²) in [7, 11) is 0. The number of hydrogen-bond acceptors (Lipinski definition) is 5. The molecule has 0 unspecified atom stereocenters. The standard InChI is InChI=1S/C12H20N4O/c1-10-9-14-12(13)15-11(10)17-8-7-16-5-3-2-4-6-16/h9H,2-8H2,1H3,(H2,13,14,15). The van der Waals surface area contributed by atoms with Gasteiger partial charge in [0.15, 0.2) is 0 Å². The Labute approximate surface area is 102 Å². The van der Waals surface area contributed by atoms with E-state index in [2.05, 4.69) is 14.9 Å². The fourth-order valence-corrected chi connectivity index (χ4v) is 2.04. The van der Waals surface area contributed by atoms with Crippen LogP contribution in [0.5, 0.6) is 5.88 Å². The average molecular weight is 236 g/mol. The Morgan fingerprint density at radius 2 is 2.12 bits per heavy atom. The Kier molecular flexibility index (Phi) is 4.14. The highest BCUT2D eigenvalue weighted by atomic mass is 16.5. The summed E-state index contributed by atoms with van der Waals surface area (Å²) < 4.78 is 5.65. The quantitative estimate of drug-likeness (QED) is 0.852. The molecule has 2 N–H and O–H groups in total. The van der Waals surface area contributed by atoms with Crippen LogP contribution in [0.25, 0.3) is 0 Å². The van der Waals surface area contributed by atoms with Gasteiger partial charge >= 0.3 is 0 Å². The molecule has 5 nitrogen and oxygen atoms in total. The number of nitrogens with two attached hydrogens (primary N) is 1. The lowest BCUT2D eigenvalue weighted by atomic mass is 10.1. The van der Waals surface area contributed by atoms with E-state index in [-0.39, 0.29) is 5.95 Å². The second kappa shape index (κ2) is 5.82. The van der Waals surface area contributed by atoms with Crippen molar-refractivity contribution in [3.8, 4) is 5.88 Å². The Balaban J connectivity index is 1.79. The molecule has 0 saturated carbocycles. The molecule has 1 aromatic rings. The van der Waals surface area contributed by atoms with Gasteiger partial charge in [0.2, 0.25) is 11.8 Å². The van der Waals surface area contributed by atoms with Crippen LogP contribution in [0.2, 0.25) is 0 Å². The van der Waals surface area contributed by atoms with Gasteiger partial charge in [0.05, 0.1) is 0 Å². The molecule has 1 aliphatic heterocycles. The zero-order valence-corrected chi connectivity index (χ0v) is 10.4. The van der Waals surface area contributed by atoms with Gasteiger partial charge in [0.25, 0.3) is 0 Å². The van der Waals surface area contributed by atoms with Crippen LogP contribution in [0.1, 0.15) is 24.8 Å². The lowest BCUT2D eigenvalue weighted by Gasteiger charge is -2.26. The highest BCUT2D eigenvalue weighted by Gasteiger charge is 2.10. The van der Waals surface area contributed by atoms with Crippen LogP contribution in [0, 0.1) is 6.92 Å². The molecule has 2 rings (SSSR count). The zero-order chi connectivity index (χ0) is 12.1. The SMILES string of the molecule is Cc1cnc(N)nc1OCCN1CCCCC1. The third-order valence-electron chi connectivity index (χ3n) is 3.04. The Bertz CT molecular complexity index is 364. The molecule has 1 aromatic heterocycles. The van der Waals surface area contributed by atoms with Crippen molar-refractivity contribution in [3.05, 3.63) is 11.8 Å². The van der Waals surface area contributed by atoms with Crippen LogP contribution in [-0.4, -0.2) is 41.1 Å². The molecule has 0 aromatic carbocycles. The van der Waals surface area contributed by atoms with E-state index in [1.54, 1.807) is 6.20 Å². The summed E-state index contributed by atoms with van der Waals surface area (Å²) in [6.45, 7) is 5.93. The minimum Gasteiger partial charge on any atom is -0.476 e. The fourth-order valence-electron chi connectivity index (χ4n) is 2.04. The summed E-state index contributed by atoms with van der Waals surface area (Å²) in [5.74, 6) is 0.873. The molecule has 1 saturated heterocycles. The van der Waals surface area contributed by atoms with E-state index in [0.29, 0.717) is 12.5 Å². The second-order valence-electron chi connectivity index (χ2n) is 4.47. The minimum atomic E-state index is 0.267. The summed E-state index contributed by atoms with van der Waals surface area (Å²) in [6.07, 6.45) is 5.66. The van der Waals surface area contributed by atoms with Gasteiger partial charge in [-0.1, -0.05) is 6.42 Å². The number of likely N-dealkylation sites (tertiary alicyclic amines) is 1. The van der Waals surface area contributed by atoms with Crippen molar-refractivity contribution in [1.29, 1.82) is 0 Å². The van der Waals surface area contributed by atoms with Gasteiger partial charge in [-0.05, 0) is 32.9 Å². The van der Waals surface area contributed by atoms with Gasteiger partial charge < -0.3 is 10.5 Å². The van der Waals surface area contributed by atoms with Gasteiger partial charge in [-0.3, -0.25) is 4.90 Å². The highest BCUT2D eigenvalue weighted by Crippen LogP contribution is 2.14. The van der Waals surface area contributed by atoms with Crippen molar-refractivity contribution >= 4 is 5.95 Å². The summed E-state index contributed by atoms with van der Waals surface area (Å²) in [4.78, 5) is 10.4. The normalized spacial score (nSPS) is 17.0. The van der Waals surface area contributed by atoms with Crippen LogP contribution in [0.3, 0.4) is 0 Å². The van der Waals surface area contributed by atoms with E-state index >= 15 is 0 Å². The number of hydrogen-bond donors (Lipinski definition) is 1. The number of nitrogens with zero attached hydrogens (tertiary/aromatic N) is 3. The van der Waals surface area contributed by atoms with E-state index in [0.717, 1.165) is 12.1 Å². The number of rotatable bonds is 4. The van der Waals surface area contributed by atoms with Crippen LogP contribution in [0.4, 0.5) is 5.95 Å². The highest BCUT2D eigenvalue weighted by molar-refractivity contribution is 5.28. The first-order chi connectivity index (χ1) is 8.25. The van der Waals surface area contributed by atoms with Crippen molar-refractivity contribution < 1.29 is 4.74 Å². The second-order valence-corrected chi connectivity index (χ2v) is 4.47. The van der Waals surface area contributed by atoms with E-state index < -0.39 is 0 Å². The zero-order valence-electron chi connectivity index (χ0n) is 10.4. The smallest absolute Gasteiger partial charge is 0.223 e. The summed E-state index contributed by atoms with van der Waals surface area (Å²) in [6, 6.07) is 0. The van der Waals surface area contributed by atoms with E-state index in [1.807, 2.05) is 6.92 Å². The maximum atomic E-state index is 5.65. The fraction of sp³-hybridized carbons (Fsp3) is 0.667. The Hall–Kier alpha value is -1.36. The maximum absolute atomic E-state index is 5.65. The molecule has 0 spiro atoms. The molecule has 0 atom stereocenters. The van der Waals surface area contributed by atoms with Gasteiger partial charge in [-0.15, -0.1) is 0 Å². The van der Waals surface area contributed by atoms with Crippen molar-refractivity contribution in [2.24, 2.45) is 0 Å². The Morgan fingerprint density at radius 1 is 1.35 bits per heavy atom. The van der Waals surface area contributed by atoms with Gasteiger partial charge in [-0.2, -0.15) is 4.98 Å². The summed E-state index contributed by atoms with van der Waals surface area (Å²) >= 11 is 0. The molecule has 94 valence electrons. The van der Waals surface area contributed by atoms with Gasteiger partial charge in [-0.25, -0.2) is 4.98 Å². The molecule has 0 radical (unpaired) electrons. The molecule has 0 aliphatic carbocycles. The third kappa shape index (κ3) is 3.56. The van der Waals surface area contributed by atoms with Crippen molar-refractivity contribution in [2.45, 2.75) is 26.2 Å². The van der Waals surface area contributed by atoms with Crippen molar-refractivity contribution in [2.75, 3.05) is 32.0 Å². The van der Waals surface area contributed by atoms with Gasteiger partial charge in [0, 0.05) is 18.3 Å². The number of aryl methyl sites for hydroxylation is 1. The third-order valence-corrected chi connectivity index (χ3v) is 3.04. The first-order valence-electron chi connectivity index (χ1n) is 6.20. The largest absolute Gasteiger partial charge is 0.476 e. The predicted octanol–water partition coefficient (Wildman–Crippen LogP) is 1.23. The number of ether oxygens (including phenoxy) is 1. The lowest BCUT2D eigenvalue weighted by molar-refractivity contribution is 0.180. The van der Waals surface area contributed by atoms with E-state index in [4.69, 9.17) is 10.5 Å². The molecule has 1 fully saturated rings. The number of aromatic nitrogens is 2. The summed E-state index contributed by atoms with van der Waals surface area (Å²) in [5, 5.41) is 0. The number of piperidine rings is 1. The minimum absolute atomic E-state index is 0.267. The topological polar surface area (TPSA) is 64.3 Å². The molecule has 0 bridgehead atoms. The Morgan fingerprint density at radius 3 is 2.88 bits per heavy atom. The van der Waals surface area contributed by atoms with Gasteiger partial charge in [0.1, 0.15) is 6.61 Å². The monoisotopic (exact) mass is 236 g/mol. The van der Waals surface area contributed by atoms with E-state index in [1.165, 1.54) is 32.4 Å². The molecule has 5 heteroatoms. The molecule has 17 heavy (non-hydrogen) atoms. The molecular weight excluding hydrogens is 216 g/mol. The van der Waals surface area contributed by atoms with Crippen molar-refractivity contribution in [1.82, 2.24) is 14.9 Å². The van der Waals surface area contributed by atoms with Crippen LogP contribution < -0.4 is 10.5 Å². The van der Waals surface area contributed by atoms with Crippen LogP contribution >= 0.6 is 0 Å². The number of anilines is 1. The van der Waals surface area contributed by atoms with Crippen molar-refractivity contribution in [3.63, 3.8) is 0 Å². The number of nitrogen functional groups attached to an aromatic ring is 1. The average Bonchev–Trinajstić information content (AvgIpc) is 2.35. The van der Waals surface area contributed by atoms with E-state index in [9.17, 15) is 0 Å². The maximum Gasteiger partial charge on any atom is 0.223 e. The molecule has 0 amide bonds. The van der Waals surface area contributed by atoms with Crippen LogP contribution in [0.15, 0.2) is 6.20 Å². The lowest BCUT2D eigenvalue weighted by Crippen LogP contribution is -2.33. The first-order valence-corrected chi connectivity index (χ1v) is 6.20. The predicted molar refractivity (Wildman–Crippen MR) is 67.0 cm³/mol. The molecular formula is C12H20N4O.